The molecule has 1 aromatic heterocycles. The third kappa shape index (κ3) is 4.50. The van der Waals surface area contributed by atoms with E-state index in [1.807, 2.05) is 26.0 Å². The number of carbonyl (C=O) groups is 1. The Morgan fingerprint density at radius 2 is 1.93 bits per heavy atom. The highest BCUT2D eigenvalue weighted by molar-refractivity contribution is 7.99. The molecule has 27 heavy (non-hydrogen) atoms. The highest BCUT2D eigenvalue weighted by atomic mass is 32.2. The highest BCUT2D eigenvalue weighted by Crippen LogP contribution is 2.26. The van der Waals surface area contributed by atoms with Gasteiger partial charge in [0.15, 0.2) is 0 Å². The fourth-order valence-corrected chi connectivity index (χ4v) is 2.75. The quantitative estimate of drug-likeness (QED) is 0.206. The predicted molar refractivity (Wildman–Crippen MR) is 98.7 cm³/mol. The molecule has 0 amide bonds. The maximum absolute atomic E-state index is 12.0. The van der Waals surface area contributed by atoms with Crippen LogP contribution < -0.4 is 4.74 Å². The van der Waals surface area contributed by atoms with Gasteiger partial charge in [-0.1, -0.05) is 23.9 Å². The zero-order valence-electron chi connectivity index (χ0n) is 14.5. The zero-order chi connectivity index (χ0) is 19.4. The summed E-state index contributed by atoms with van der Waals surface area (Å²) in [6, 6.07) is 11.3. The molecule has 0 saturated heterocycles. The summed E-state index contributed by atoms with van der Waals surface area (Å²) >= 11 is 1.06. The van der Waals surface area contributed by atoms with E-state index in [9.17, 15) is 14.9 Å². The average Bonchev–Trinajstić information content (AvgIpc) is 3.13. The van der Waals surface area contributed by atoms with Gasteiger partial charge >= 0.3 is 5.97 Å². The van der Waals surface area contributed by atoms with Crippen LogP contribution in [0.15, 0.2) is 52.1 Å². The molecular weight excluding hydrogens is 370 g/mol. The number of esters is 1. The number of hydrogen-bond acceptors (Lipinski definition) is 8. The van der Waals surface area contributed by atoms with Crippen molar-refractivity contribution in [1.82, 2.24) is 10.2 Å². The maximum Gasteiger partial charge on any atom is 0.321 e. The maximum atomic E-state index is 12.0. The van der Waals surface area contributed by atoms with Gasteiger partial charge in [0.05, 0.1) is 4.92 Å². The Hall–Kier alpha value is -3.20. The standard InChI is InChI=1S/C18H15N3O5S/c1-11-4-3-5-15(12(11)2)25-16(22)10-27-18-20-19-17(26-18)13-6-8-14(9-7-13)21(23)24/h3-9H,10H2,1-2H3. The molecule has 0 atom stereocenters. The van der Waals surface area contributed by atoms with Gasteiger partial charge in [0.1, 0.15) is 11.5 Å². The van der Waals surface area contributed by atoms with Gasteiger partial charge in [-0.05, 0) is 43.2 Å². The first kappa shape index (κ1) is 18.6. The lowest BCUT2D eigenvalue weighted by atomic mass is 10.1. The number of benzene rings is 2. The number of hydrogen-bond donors (Lipinski definition) is 0. The Balaban J connectivity index is 1.60. The number of nitro benzene ring substituents is 1. The van der Waals surface area contributed by atoms with Gasteiger partial charge in [-0.15, -0.1) is 10.2 Å². The molecule has 0 aliphatic rings. The highest BCUT2D eigenvalue weighted by Gasteiger charge is 2.14. The van der Waals surface area contributed by atoms with Crippen molar-refractivity contribution in [3.8, 4) is 17.2 Å². The van der Waals surface area contributed by atoms with Crippen molar-refractivity contribution in [2.24, 2.45) is 0 Å². The summed E-state index contributed by atoms with van der Waals surface area (Å²) in [6.45, 7) is 3.83. The molecule has 0 N–H and O–H groups in total. The third-order valence-electron chi connectivity index (χ3n) is 3.82. The minimum Gasteiger partial charge on any atom is -0.426 e. The number of nitro groups is 1. The number of carbonyl (C=O) groups excluding carboxylic acids is 1. The summed E-state index contributed by atoms with van der Waals surface area (Å²) < 4.78 is 10.8. The Morgan fingerprint density at radius 1 is 1.19 bits per heavy atom. The van der Waals surface area contributed by atoms with Crippen LogP contribution in [-0.4, -0.2) is 26.8 Å². The van der Waals surface area contributed by atoms with Crippen LogP contribution in [0.3, 0.4) is 0 Å². The van der Waals surface area contributed by atoms with E-state index in [1.165, 1.54) is 24.3 Å². The van der Waals surface area contributed by atoms with Crippen molar-refractivity contribution < 1.29 is 18.9 Å². The van der Waals surface area contributed by atoms with Crippen molar-refractivity contribution in [1.29, 1.82) is 0 Å². The first-order valence-corrected chi connectivity index (χ1v) is 8.90. The second-order valence-electron chi connectivity index (χ2n) is 5.64. The van der Waals surface area contributed by atoms with Crippen LogP contribution in [0.25, 0.3) is 11.5 Å². The molecule has 0 aliphatic carbocycles. The van der Waals surface area contributed by atoms with Crippen LogP contribution in [0.5, 0.6) is 5.75 Å². The Kier molecular flexibility index (Phi) is 5.51. The molecule has 3 rings (SSSR count). The van der Waals surface area contributed by atoms with Gasteiger partial charge in [0.2, 0.25) is 5.89 Å². The molecule has 2 aromatic carbocycles. The van der Waals surface area contributed by atoms with Crippen LogP contribution in [-0.2, 0) is 4.79 Å². The van der Waals surface area contributed by atoms with Crippen LogP contribution in [0.1, 0.15) is 11.1 Å². The van der Waals surface area contributed by atoms with Crippen molar-refractivity contribution >= 4 is 23.4 Å². The predicted octanol–water partition coefficient (Wildman–Crippen LogP) is 3.96. The molecule has 8 nitrogen and oxygen atoms in total. The Bertz CT molecular complexity index is 985. The Morgan fingerprint density at radius 3 is 2.63 bits per heavy atom. The molecule has 9 heteroatoms. The number of ether oxygens (including phenoxy) is 1. The van der Waals surface area contributed by atoms with E-state index in [2.05, 4.69) is 10.2 Å². The molecule has 0 bridgehead atoms. The summed E-state index contributed by atoms with van der Waals surface area (Å²) in [5.41, 5.74) is 2.48. The summed E-state index contributed by atoms with van der Waals surface area (Å²) in [6.07, 6.45) is 0. The van der Waals surface area contributed by atoms with Crippen LogP contribution in [0.4, 0.5) is 5.69 Å². The lowest BCUT2D eigenvalue weighted by Gasteiger charge is -2.08. The van der Waals surface area contributed by atoms with E-state index in [4.69, 9.17) is 9.15 Å². The molecule has 1 heterocycles. The molecular formula is C18H15N3O5S. The second kappa shape index (κ2) is 8.00. The van der Waals surface area contributed by atoms with E-state index in [1.54, 1.807) is 6.07 Å². The summed E-state index contributed by atoms with van der Waals surface area (Å²) in [7, 11) is 0. The molecule has 0 spiro atoms. The number of thioether (sulfide) groups is 1. The van der Waals surface area contributed by atoms with Crippen molar-refractivity contribution in [2.45, 2.75) is 19.1 Å². The van der Waals surface area contributed by atoms with E-state index < -0.39 is 10.9 Å². The van der Waals surface area contributed by atoms with E-state index in [-0.39, 0.29) is 22.6 Å². The van der Waals surface area contributed by atoms with Crippen molar-refractivity contribution in [2.75, 3.05) is 5.75 Å². The number of aromatic nitrogens is 2. The van der Waals surface area contributed by atoms with Gasteiger partial charge in [-0.25, -0.2) is 0 Å². The van der Waals surface area contributed by atoms with E-state index >= 15 is 0 Å². The monoisotopic (exact) mass is 385 g/mol. The molecule has 0 aliphatic heterocycles. The van der Waals surface area contributed by atoms with Gasteiger partial charge in [0.25, 0.3) is 10.9 Å². The van der Waals surface area contributed by atoms with Gasteiger partial charge < -0.3 is 9.15 Å². The molecule has 0 radical (unpaired) electrons. The van der Waals surface area contributed by atoms with Gasteiger partial charge in [0, 0.05) is 17.7 Å². The zero-order valence-corrected chi connectivity index (χ0v) is 15.4. The van der Waals surface area contributed by atoms with Crippen molar-refractivity contribution in [3.63, 3.8) is 0 Å². The lowest BCUT2D eigenvalue weighted by molar-refractivity contribution is -0.384. The minimum atomic E-state index is -0.486. The van der Waals surface area contributed by atoms with E-state index in [0.29, 0.717) is 11.3 Å². The van der Waals surface area contributed by atoms with Crippen LogP contribution in [0, 0.1) is 24.0 Å². The summed E-state index contributed by atoms with van der Waals surface area (Å²) in [5, 5.41) is 18.6. The average molecular weight is 385 g/mol. The summed E-state index contributed by atoms with van der Waals surface area (Å²) in [4.78, 5) is 22.2. The van der Waals surface area contributed by atoms with Crippen molar-refractivity contribution in [3.05, 3.63) is 63.7 Å². The number of aryl methyl sites for hydroxylation is 1. The van der Waals surface area contributed by atoms with Gasteiger partial charge in [-0.3, -0.25) is 14.9 Å². The van der Waals surface area contributed by atoms with Gasteiger partial charge in [-0.2, -0.15) is 0 Å². The number of nitrogens with zero attached hydrogens (tertiary/aromatic N) is 3. The number of non-ortho nitro benzene ring substituents is 1. The molecule has 0 unspecified atom stereocenters. The first-order valence-electron chi connectivity index (χ1n) is 7.92. The molecule has 0 saturated carbocycles. The van der Waals surface area contributed by atoms with Crippen LogP contribution >= 0.6 is 11.8 Å². The smallest absolute Gasteiger partial charge is 0.321 e. The fraction of sp³-hybridized carbons (Fsp3) is 0.167. The minimum absolute atomic E-state index is 0.00920. The van der Waals surface area contributed by atoms with Crippen LogP contribution in [0.2, 0.25) is 0 Å². The summed E-state index contributed by atoms with van der Waals surface area (Å²) in [5.74, 6) is 0.326. The molecule has 0 fully saturated rings. The topological polar surface area (TPSA) is 108 Å². The lowest BCUT2D eigenvalue weighted by Crippen LogP contribution is -2.11. The fourth-order valence-electron chi connectivity index (χ4n) is 2.22. The molecule has 3 aromatic rings. The first-order chi connectivity index (χ1) is 12.9. The number of rotatable bonds is 6. The normalized spacial score (nSPS) is 10.6. The third-order valence-corrected chi connectivity index (χ3v) is 4.62. The SMILES string of the molecule is Cc1cccc(OC(=O)CSc2nnc(-c3ccc([N+](=O)[O-])cc3)o2)c1C. The van der Waals surface area contributed by atoms with E-state index in [0.717, 1.165) is 22.9 Å². The second-order valence-corrected chi connectivity index (χ2v) is 6.56. The largest absolute Gasteiger partial charge is 0.426 e. The Labute approximate surface area is 158 Å². The molecule has 138 valence electrons.